The van der Waals surface area contributed by atoms with Crippen molar-refractivity contribution < 1.29 is 22.3 Å². The molecule has 0 aliphatic carbocycles. The van der Waals surface area contributed by atoms with Gasteiger partial charge in [0.25, 0.3) is 0 Å². The summed E-state index contributed by atoms with van der Waals surface area (Å²) in [6, 6.07) is 10.8. The molecule has 0 fully saturated rings. The van der Waals surface area contributed by atoms with Crippen molar-refractivity contribution in [3.63, 3.8) is 0 Å². The average molecular weight is 366 g/mol. The topological polar surface area (TPSA) is 75.7 Å². The van der Waals surface area contributed by atoms with E-state index in [-0.39, 0.29) is 5.69 Å². The van der Waals surface area contributed by atoms with E-state index < -0.39 is 27.8 Å². The second-order valence-electron chi connectivity index (χ2n) is 5.40. The fourth-order valence-corrected chi connectivity index (χ4v) is 3.51. The molecule has 2 aromatic carbocycles. The van der Waals surface area contributed by atoms with Crippen LogP contribution in [0.5, 0.6) is 5.75 Å². The van der Waals surface area contributed by atoms with E-state index in [4.69, 9.17) is 4.74 Å². The van der Waals surface area contributed by atoms with Crippen LogP contribution < -0.4 is 14.4 Å². The van der Waals surface area contributed by atoms with Crippen molar-refractivity contribution in [2.75, 3.05) is 23.0 Å². The Kier molecular flexibility index (Phi) is 5.63. The maximum absolute atomic E-state index is 14.1. The number of ether oxygens (including phenoxy) is 1. The highest BCUT2D eigenvalue weighted by Crippen LogP contribution is 2.25. The Labute approximate surface area is 146 Å². The summed E-state index contributed by atoms with van der Waals surface area (Å²) in [4.78, 5) is 12.5. The van der Waals surface area contributed by atoms with Crippen molar-refractivity contribution in [3.8, 4) is 5.75 Å². The molecule has 0 heterocycles. The molecular weight excluding hydrogens is 347 g/mol. The molecule has 0 bridgehead atoms. The Morgan fingerprint density at radius 2 is 1.76 bits per heavy atom. The minimum atomic E-state index is -3.88. The number of anilines is 2. The van der Waals surface area contributed by atoms with Gasteiger partial charge in [0, 0.05) is 5.69 Å². The van der Waals surface area contributed by atoms with E-state index in [2.05, 4.69) is 5.32 Å². The van der Waals surface area contributed by atoms with Gasteiger partial charge in [-0.2, -0.15) is 0 Å². The lowest BCUT2D eigenvalue weighted by molar-refractivity contribution is -0.116. The number of benzene rings is 2. The first-order chi connectivity index (χ1) is 11.7. The van der Waals surface area contributed by atoms with Crippen molar-refractivity contribution in [1.82, 2.24) is 0 Å². The minimum absolute atomic E-state index is 0.178. The van der Waals surface area contributed by atoms with Crippen LogP contribution in [0.3, 0.4) is 0 Å². The molecule has 0 saturated heterocycles. The number of rotatable bonds is 6. The fourth-order valence-electron chi connectivity index (χ4n) is 2.33. The molecule has 2 rings (SSSR count). The second-order valence-corrected chi connectivity index (χ2v) is 7.26. The fraction of sp³-hybridized carbons (Fsp3) is 0.235. The van der Waals surface area contributed by atoms with Gasteiger partial charge in [0.05, 0.1) is 19.1 Å². The van der Waals surface area contributed by atoms with Crippen LogP contribution in [0, 0.1) is 5.82 Å². The van der Waals surface area contributed by atoms with Crippen LogP contribution in [-0.2, 0) is 14.8 Å². The second kappa shape index (κ2) is 7.52. The number of sulfonamides is 1. The molecule has 8 heteroatoms. The van der Waals surface area contributed by atoms with E-state index in [1.54, 1.807) is 24.3 Å². The van der Waals surface area contributed by atoms with Gasteiger partial charge in [-0.15, -0.1) is 0 Å². The standard InChI is InChI=1S/C17H19FN2O4S/c1-12(17(21)19-13-8-10-14(24-2)11-9-13)20(25(3,22)23)16-7-5-4-6-15(16)18/h4-12H,1-3H3,(H,19,21)/t12-/m1/s1. The van der Waals surface area contributed by atoms with Gasteiger partial charge in [-0.3, -0.25) is 9.10 Å². The van der Waals surface area contributed by atoms with Crippen LogP contribution >= 0.6 is 0 Å². The smallest absolute Gasteiger partial charge is 0.247 e. The molecule has 0 aromatic heterocycles. The zero-order valence-corrected chi connectivity index (χ0v) is 14.9. The van der Waals surface area contributed by atoms with Gasteiger partial charge in [-0.05, 0) is 43.3 Å². The van der Waals surface area contributed by atoms with Gasteiger partial charge < -0.3 is 10.1 Å². The molecule has 0 unspecified atom stereocenters. The zero-order valence-electron chi connectivity index (χ0n) is 14.1. The normalized spacial score (nSPS) is 12.3. The van der Waals surface area contributed by atoms with E-state index in [1.807, 2.05) is 0 Å². The maximum Gasteiger partial charge on any atom is 0.247 e. The van der Waals surface area contributed by atoms with Crippen LogP contribution in [0.15, 0.2) is 48.5 Å². The quantitative estimate of drug-likeness (QED) is 0.853. The number of carbonyl (C=O) groups is 1. The maximum atomic E-state index is 14.1. The Hall–Kier alpha value is -2.61. The molecule has 25 heavy (non-hydrogen) atoms. The van der Waals surface area contributed by atoms with E-state index in [1.165, 1.54) is 32.2 Å². The van der Waals surface area contributed by atoms with Crippen molar-refractivity contribution in [2.24, 2.45) is 0 Å². The number of halogens is 1. The van der Waals surface area contributed by atoms with Gasteiger partial charge in [0.15, 0.2) is 0 Å². The average Bonchev–Trinajstić information content (AvgIpc) is 2.56. The third-order valence-electron chi connectivity index (χ3n) is 3.54. The Morgan fingerprint density at radius 3 is 2.28 bits per heavy atom. The van der Waals surface area contributed by atoms with E-state index >= 15 is 0 Å². The van der Waals surface area contributed by atoms with E-state index in [9.17, 15) is 17.6 Å². The third kappa shape index (κ3) is 4.48. The van der Waals surface area contributed by atoms with Gasteiger partial charge in [0.1, 0.15) is 17.6 Å². The highest BCUT2D eigenvalue weighted by atomic mass is 32.2. The molecule has 2 aromatic rings. The number of hydrogen-bond acceptors (Lipinski definition) is 4. The molecule has 6 nitrogen and oxygen atoms in total. The molecular formula is C17H19FN2O4S. The molecule has 0 saturated carbocycles. The lowest BCUT2D eigenvalue weighted by Crippen LogP contribution is -2.45. The predicted octanol–water partition coefficient (Wildman–Crippen LogP) is 2.63. The molecule has 1 amide bonds. The van der Waals surface area contributed by atoms with Crippen molar-refractivity contribution in [2.45, 2.75) is 13.0 Å². The number of carbonyl (C=O) groups excluding carboxylic acids is 1. The Balaban J connectivity index is 2.28. The highest BCUT2D eigenvalue weighted by molar-refractivity contribution is 7.92. The number of amides is 1. The SMILES string of the molecule is COc1ccc(NC(=O)[C@@H](C)N(c2ccccc2F)S(C)(=O)=O)cc1. The lowest BCUT2D eigenvalue weighted by atomic mass is 10.2. The van der Waals surface area contributed by atoms with Gasteiger partial charge in [-0.25, -0.2) is 12.8 Å². The monoisotopic (exact) mass is 366 g/mol. The number of nitrogens with zero attached hydrogens (tertiary/aromatic N) is 1. The third-order valence-corrected chi connectivity index (χ3v) is 4.76. The molecule has 0 aliphatic rings. The van der Waals surface area contributed by atoms with Crippen LogP contribution in [0.1, 0.15) is 6.92 Å². The first-order valence-corrected chi connectivity index (χ1v) is 9.27. The number of para-hydroxylation sites is 1. The summed E-state index contributed by atoms with van der Waals surface area (Å²) < 4.78 is 44.1. The summed E-state index contributed by atoms with van der Waals surface area (Å²) in [7, 11) is -2.35. The first kappa shape index (κ1) is 18.7. The van der Waals surface area contributed by atoms with E-state index in [0.29, 0.717) is 11.4 Å². The van der Waals surface area contributed by atoms with E-state index in [0.717, 1.165) is 16.6 Å². The number of methoxy groups -OCH3 is 1. The van der Waals surface area contributed by atoms with Gasteiger partial charge in [-0.1, -0.05) is 12.1 Å². The summed E-state index contributed by atoms with van der Waals surface area (Å²) in [5.41, 5.74) is 0.294. The van der Waals surface area contributed by atoms with Crippen LogP contribution in [0.2, 0.25) is 0 Å². The largest absolute Gasteiger partial charge is 0.497 e. The molecule has 1 atom stereocenters. The summed E-state index contributed by atoms with van der Waals surface area (Å²) in [6.45, 7) is 1.40. The number of nitrogens with one attached hydrogen (secondary N) is 1. The summed E-state index contributed by atoms with van der Waals surface area (Å²) in [5, 5.41) is 2.61. The summed E-state index contributed by atoms with van der Waals surface area (Å²) in [6.07, 6.45) is 0.927. The molecule has 134 valence electrons. The van der Waals surface area contributed by atoms with Crippen LogP contribution in [-0.4, -0.2) is 33.7 Å². The summed E-state index contributed by atoms with van der Waals surface area (Å²) >= 11 is 0. The molecule has 0 spiro atoms. The highest BCUT2D eigenvalue weighted by Gasteiger charge is 2.30. The van der Waals surface area contributed by atoms with Crippen molar-refractivity contribution in [1.29, 1.82) is 0 Å². The molecule has 0 aliphatic heterocycles. The Bertz CT molecular complexity index is 853. The zero-order chi connectivity index (χ0) is 18.6. The van der Waals surface area contributed by atoms with Gasteiger partial charge in [0.2, 0.25) is 15.9 Å². The lowest BCUT2D eigenvalue weighted by Gasteiger charge is -2.28. The summed E-state index contributed by atoms with van der Waals surface area (Å²) in [5.74, 6) is -0.689. The Morgan fingerprint density at radius 1 is 1.16 bits per heavy atom. The van der Waals surface area contributed by atoms with Crippen molar-refractivity contribution >= 4 is 27.3 Å². The molecule has 1 N–H and O–H groups in total. The van der Waals surface area contributed by atoms with Crippen molar-refractivity contribution in [3.05, 3.63) is 54.3 Å². The number of hydrogen-bond donors (Lipinski definition) is 1. The minimum Gasteiger partial charge on any atom is -0.497 e. The van der Waals surface area contributed by atoms with Gasteiger partial charge >= 0.3 is 0 Å². The first-order valence-electron chi connectivity index (χ1n) is 7.43. The predicted molar refractivity (Wildman–Crippen MR) is 94.8 cm³/mol. The van der Waals surface area contributed by atoms with Crippen LogP contribution in [0.4, 0.5) is 15.8 Å². The van der Waals surface area contributed by atoms with Crippen LogP contribution in [0.25, 0.3) is 0 Å². The molecule has 0 radical (unpaired) electrons.